The Balaban J connectivity index is 1.44. The molecule has 1 aromatic heterocycles. The number of benzene rings is 3. The third-order valence-electron chi connectivity index (χ3n) is 5.15. The van der Waals surface area contributed by atoms with Crippen LogP contribution >= 0.6 is 11.6 Å². The predicted octanol–water partition coefficient (Wildman–Crippen LogP) is 6.78. The molecule has 0 aliphatic heterocycles. The maximum atomic E-state index is 6.46. The molecule has 3 aromatic carbocycles. The van der Waals surface area contributed by atoms with Gasteiger partial charge in [-0.25, -0.2) is 4.98 Å². The maximum absolute atomic E-state index is 6.46. The molecule has 148 valence electrons. The lowest BCUT2D eigenvalue weighted by molar-refractivity contribution is 0.303. The molecule has 0 radical (unpaired) electrons. The number of ether oxygens (including phenoxy) is 1. The summed E-state index contributed by atoms with van der Waals surface area (Å²) in [5, 5.41) is 0.725. The van der Waals surface area contributed by atoms with Crippen LogP contribution in [-0.4, -0.2) is 16.2 Å². The SMILES string of the molecule is CCc1ccc(OCCCCn2c(-c3ccccc3Cl)nc3ccccc32)cc1. The lowest BCUT2D eigenvalue weighted by Crippen LogP contribution is -2.04. The second kappa shape index (κ2) is 9.15. The van der Waals surface area contributed by atoms with E-state index in [1.165, 1.54) is 5.56 Å². The Morgan fingerprint density at radius 3 is 2.45 bits per heavy atom. The molecule has 0 spiro atoms. The fourth-order valence-corrected chi connectivity index (χ4v) is 3.75. The van der Waals surface area contributed by atoms with Crippen molar-refractivity contribution in [3.05, 3.63) is 83.4 Å². The van der Waals surface area contributed by atoms with Crippen LogP contribution in [0.3, 0.4) is 0 Å². The van der Waals surface area contributed by atoms with Crippen LogP contribution < -0.4 is 4.74 Å². The van der Waals surface area contributed by atoms with Crippen LogP contribution in [0.1, 0.15) is 25.3 Å². The number of hydrogen-bond donors (Lipinski definition) is 0. The number of para-hydroxylation sites is 2. The van der Waals surface area contributed by atoms with Crippen molar-refractivity contribution in [1.29, 1.82) is 0 Å². The number of rotatable bonds is 8. The van der Waals surface area contributed by atoms with Crippen molar-refractivity contribution in [3.63, 3.8) is 0 Å². The summed E-state index contributed by atoms with van der Waals surface area (Å²) in [6.45, 7) is 3.74. The molecule has 4 rings (SSSR count). The third-order valence-corrected chi connectivity index (χ3v) is 5.48. The van der Waals surface area contributed by atoms with Gasteiger partial charge in [0.2, 0.25) is 0 Å². The number of imidazole rings is 1. The molecule has 0 fully saturated rings. The van der Waals surface area contributed by atoms with Crippen molar-refractivity contribution in [1.82, 2.24) is 9.55 Å². The van der Waals surface area contributed by atoms with Crippen LogP contribution in [0, 0.1) is 0 Å². The topological polar surface area (TPSA) is 27.1 Å². The molecule has 0 aliphatic rings. The van der Waals surface area contributed by atoms with Crippen LogP contribution in [0.5, 0.6) is 5.75 Å². The normalized spacial score (nSPS) is 11.1. The Morgan fingerprint density at radius 2 is 1.66 bits per heavy atom. The molecule has 0 saturated heterocycles. The summed E-state index contributed by atoms with van der Waals surface area (Å²) in [6.07, 6.45) is 3.03. The highest BCUT2D eigenvalue weighted by molar-refractivity contribution is 6.33. The quantitative estimate of drug-likeness (QED) is 0.303. The Hall–Kier alpha value is -2.78. The zero-order chi connectivity index (χ0) is 20.1. The summed E-state index contributed by atoms with van der Waals surface area (Å²) in [5.74, 6) is 1.86. The second-order valence-corrected chi connectivity index (χ2v) is 7.52. The van der Waals surface area contributed by atoms with Crippen molar-refractivity contribution in [2.75, 3.05) is 6.61 Å². The largest absolute Gasteiger partial charge is 0.494 e. The van der Waals surface area contributed by atoms with Crippen molar-refractivity contribution >= 4 is 22.6 Å². The van der Waals surface area contributed by atoms with Gasteiger partial charge in [0.15, 0.2) is 0 Å². The minimum atomic E-state index is 0.708. The van der Waals surface area contributed by atoms with E-state index in [1.54, 1.807) is 0 Å². The van der Waals surface area contributed by atoms with E-state index in [0.717, 1.165) is 59.0 Å². The number of halogens is 1. The van der Waals surface area contributed by atoms with E-state index in [1.807, 2.05) is 30.3 Å². The number of nitrogens with zero attached hydrogens (tertiary/aromatic N) is 2. The molecule has 0 unspecified atom stereocenters. The lowest BCUT2D eigenvalue weighted by atomic mass is 10.2. The van der Waals surface area contributed by atoms with Crippen molar-refractivity contribution < 1.29 is 4.74 Å². The molecule has 0 N–H and O–H groups in total. The summed E-state index contributed by atoms with van der Waals surface area (Å²) in [7, 11) is 0. The zero-order valence-corrected chi connectivity index (χ0v) is 17.4. The summed E-state index contributed by atoms with van der Waals surface area (Å²) < 4.78 is 8.17. The number of aromatic nitrogens is 2. The number of aryl methyl sites for hydroxylation is 2. The molecule has 3 nitrogen and oxygen atoms in total. The highest BCUT2D eigenvalue weighted by atomic mass is 35.5. The lowest BCUT2D eigenvalue weighted by Gasteiger charge is -2.11. The van der Waals surface area contributed by atoms with Crippen LogP contribution in [0.4, 0.5) is 0 Å². The fourth-order valence-electron chi connectivity index (χ4n) is 3.53. The van der Waals surface area contributed by atoms with E-state index in [9.17, 15) is 0 Å². The molecule has 0 atom stereocenters. The smallest absolute Gasteiger partial charge is 0.142 e. The van der Waals surface area contributed by atoms with Gasteiger partial charge in [-0.3, -0.25) is 0 Å². The zero-order valence-electron chi connectivity index (χ0n) is 16.6. The van der Waals surface area contributed by atoms with Gasteiger partial charge < -0.3 is 9.30 Å². The first-order chi connectivity index (χ1) is 14.3. The monoisotopic (exact) mass is 404 g/mol. The number of unbranched alkanes of at least 4 members (excludes halogenated alkanes) is 1. The first kappa shape index (κ1) is 19.5. The van der Waals surface area contributed by atoms with Crippen molar-refractivity contribution in [3.8, 4) is 17.1 Å². The van der Waals surface area contributed by atoms with E-state index >= 15 is 0 Å². The minimum Gasteiger partial charge on any atom is -0.494 e. The van der Waals surface area contributed by atoms with Gasteiger partial charge in [0.05, 0.1) is 22.7 Å². The van der Waals surface area contributed by atoms with Crippen molar-refractivity contribution in [2.24, 2.45) is 0 Å². The molecule has 0 bridgehead atoms. The van der Waals surface area contributed by atoms with E-state index < -0.39 is 0 Å². The molecule has 29 heavy (non-hydrogen) atoms. The minimum absolute atomic E-state index is 0.708. The highest BCUT2D eigenvalue weighted by Gasteiger charge is 2.14. The Kier molecular flexibility index (Phi) is 6.16. The molecule has 0 aliphatic carbocycles. The Bertz CT molecular complexity index is 1090. The first-order valence-corrected chi connectivity index (χ1v) is 10.6. The van der Waals surface area contributed by atoms with Gasteiger partial charge in [-0.2, -0.15) is 0 Å². The van der Waals surface area contributed by atoms with Gasteiger partial charge in [0.1, 0.15) is 11.6 Å². The first-order valence-electron chi connectivity index (χ1n) is 10.2. The van der Waals surface area contributed by atoms with Gasteiger partial charge in [-0.05, 0) is 61.2 Å². The van der Waals surface area contributed by atoms with Gasteiger partial charge in [0, 0.05) is 12.1 Å². The summed E-state index contributed by atoms with van der Waals surface area (Å²) >= 11 is 6.46. The van der Waals surface area contributed by atoms with Crippen LogP contribution in [0.15, 0.2) is 72.8 Å². The van der Waals surface area contributed by atoms with E-state index in [0.29, 0.717) is 6.61 Å². The molecule has 0 amide bonds. The number of fused-ring (bicyclic) bond motifs is 1. The Labute approximate surface area is 176 Å². The summed E-state index contributed by atoms with van der Waals surface area (Å²) in [6, 6.07) is 24.5. The molecule has 1 heterocycles. The second-order valence-electron chi connectivity index (χ2n) is 7.11. The standard InChI is InChI=1S/C25H25ClN2O/c1-2-19-13-15-20(16-14-19)29-18-8-7-17-28-24-12-6-5-11-23(24)27-25(28)21-9-3-4-10-22(21)26/h3-6,9-16H,2,7-8,17-18H2,1H3. The summed E-state index contributed by atoms with van der Waals surface area (Å²) in [5.41, 5.74) is 4.43. The maximum Gasteiger partial charge on any atom is 0.142 e. The highest BCUT2D eigenvalue weighted by Crippen LogP contribution is 2.30. The van der Waals surface area contributed by atoms with Crippen molar-refractivity contribution in [2.45, 2.75) is 32.7 Å². The fraction of sp³-hybridized carbons (Fsp3) is 0.240. The average molecular weight is 405 g/mol. The van der Waals surface area contributed by atoms with Crippen LogP contribution in [0.2, 0.25) is 5.02 Å². The molecule has 4 heteroatoms. The average Bonchev–Trinajstić information content (AvgIpc) is 3.12. The van der Waals surface area contributed by atoms with E-state index in [4.69, 9.17) is 21.3 Å². The van der Waals surface area contributed by atoms with Crippen LogP contribution in [-0.2, 0) is 13.0 Å². The Morgan fingerprint density at radius 1 is 0.897 bits per heavy atom. The van der Waals surface area contributed by atoms with E-state index in [2.05, 4.69) is 54.0 Å². The summed E-state index contributed by atoms with van der Waals surface area (Å²) in [4.78, 5) is 4.85. The number of hydrogen-bond acceptors (Lipinski definition) is 2. The molecular formula is C25H25ClN2O. The van der Waals surface area contributed by atoms with Gasteiger partial charge in [-0.15, -0.1) is 0 Å². The van der Waals surface area contributed by atoms with Gasteiger partial charge in [-0.1, -0.05) is 54.9 Å². The van der Waals surface area contributed by atoms with Crippen LogP contribution in [0.25, 0.3) is 22.4 Å². The molecule has 4 aromatic rings. The molecule has 0 saturated carbocycles. The van der Waals surface area contributed by atoms with Gasteiger partial charge >= 0.3 is 0 Å². The predicted molar refractivity (Wildman–Crippen MR) is 121 cm³/mol. The van der Waals surface area contributed by atoms with E-state index in [-0.39, 0.29) is 0 Å². The molecular weight excluding hydrogens is 380 g/mol. The van der Waals surface area contributed by atoms with Gasteiger partial charge in [0.25, 0.3) is 0 Å². The third kappa shape index (κ3) is 4.46.